The molecule has 5 nitrogen and oxygen atoms in total. The van der Waals surface area contributed by atoms with Gasteiger partial charge in [0.15, 0.2) is 5.82 Å². The number of nitrogens with zero attached hydrogens (tertiary/aromatic N) is 3. The Bertz CT molecular complexity index is 684. The second kappa shape index (κ2) is 7.71. The molecule has 0 spiro atoms. The molecule has 112 valence electrons. The van der Waals surface area contributed by atoms with Gasteiger partial charge in [0, 0.05) is 31.1 Å². The molecular formula is C14H17Cl2N5. The van der Waals surface area contributed by atoms with E-state index in [4.69, 9.17) is 5.73 Å². The van der Waals surface area contributed by atoms with Crippen molar-refractivity contribution in [3.63, 3.8) is 0 Å². The second-order valence-corrected chi connectivity index (χ2v) is 4.29. The quantitative estimate of drug-likeness (QED) is 0.774. The molecule has 0 unspecified atom stereocenters. The summed E-state index contributed by atoms with van der Waals surface area (Å²) >= 11 is 0. The number of nitrogens with one attached hydrogen (secondary N) is 1. The molecule has 3 rings (SSSR count). The summed E-state index contributed by atoms with van der Waals surface area (Å²) in [5.74, 6) is 0.724. The van der Waals surface area contributed by atoms with E-state index in [0.717, 1.165) is 30.0 Å². The van der Waals surface area contributed by atoms with Crippen LogP contribution in [0.4, 0.5) is 11.5 Å². The molecule has 0 aromatic carbocycles. The molecule has 0 saturated heterocycles. The second-order valence-electron chi connectivity index (χ2n) is 4.29. The number of hydrogen-bond donors (Lipinski definition) is 2. The summed E-state index contributed by atoms with van der Waals surface area (Å²) in [5.41, 5.74) is 8.71. The van der Waals surface area contributed by atoms with E-state index < -0.39 is 0 Å². The summed E-state index contributed by atoms with van der Waals surface area (Å²) in [5, 5.41) is 7.66. The van der Waals surface area contributed by atoms with Crippen LogP contribution in [0.1, 0.15) is 5.69 Å². The number of hydrogen-bond acceptors (Lipinski definition) is 4. The van der Waals surface area contributed by atoms with E-state index >= 15 is 0 Å². The molecule has 21 heavy (non-hydrogen) atoms. The number of nitrogens with two attached hydrogens (primary N) is 1. The van der Waals surface area contributed by atoms with Crippen molar-refractivity contribution >= 4 is 41.8 Å². The van der Waals surface area contributed by atoms with E-state index in [1.165, 1.54) is 0 Å². The van der Waals surface area contributed by atoms with Crippen LogP contribution in [-0.4, -0.2) is 21.1 Å². The first-order valence-corrected chi connectivity index (χ1v) is 6.21. The molecule has 3 heterocycles. The smallest absolute Gasteiger partial charge is 0.172 e. The lowest BCUT2D eigenvalue weighted by molar-refractivity contribution is 0.923. The van der Waals surface area contributed by atoms with Crippen LogP contribution >= 0.6 is 24.8 Å². The Morgan fingerprint density at radius 3 is 2.62 bits per heavy atom. The number of rotatable bonds is 4. The molecule has 3 aromatic rings. The zero-order chi connectivity index (χ0) is 13.1. The third kappa shape index (κ3) is 3.77. The Morgan fingerprint density at radius 2 is 1.90 bits per heavy atom. The zero-order valence-electron chi connectivity index (χ0n) is 11.3. The fraction of sp³-hybridized carbons (Fsp3) is 0.143. The fourth-order valence-electron chi connectivity index (χ4n) is 2.00. The van der Waals surface area contributed by atoms with Crippen LogP contribution < -0.4 is 11.1 Å². The number of fused-ring (bicyclic) bond motifs is 1. The zero-order valence-corrected chi connectivity index (χ0v) is 12.9. The van der Waals surface area contributed by atoms with Gasteiger partial charge in [-0.2, -0.15) is 0 Å². The van der Waals surface area contributed by atoms with E-state index in [9.17, 15) is 0 Å². The average Bonchev–Trinajstić information content (AvgIpc) is 2.78. The molecule has 3 aromatic heterocycles. The maximum absolute atomic E-state index is 6.06. The summed E-state index contributed by atoms with van der Waals surface area (Å²) in [6, 6.07) is 11.7. The first kappa shape index (κ1) is 17.1. The summed E-state index contributed by atoms with van der Waals surface area (Å²) in [6.07, 6.45) is 4.53. The van der Waals surface area contributed by atoms with Crippen LogP contribution in [0, 0.1) is 0 Å². The van der Waals surface area contributed by atoms with Crippen molar-refractivity contribution in [2.24, 2.45) is 0 Å². The van der Waals surface area contributed by atoms with E-state index in [1.54, 1.807) is 10.7 Å². The Labute approximate surface area is 135 Å². The monoisotopic (exact) mass is 325 g/mol. The van der Waals surface area contributed by atoms with Gasteiger partial charge in [0.25, 0.3) is 0 Å². The van der Waals surface area contributed by atoms with Gasteiger partial charge >= 0.3 is 0 Å². The molecule has 0 fully saturated rings. The van der Waals surface area contributed by atoms with Gasteiger partial charge in [0.05, 0.1) is 5.52 Å². The number of pyridine rings is 2. The maximum Gasteiger partial charge on any atom is 0.172 e. The Morgan fingerprint density at radius 1 is 1.10 bits per heavy atom. The molecule has 0 amide bonds. The van der Waals surface area contributed by atoms with Crippen LogP contribution in [0.25, 0.3) is 5.52 Å². The Balaban J connectivity index is 0.00000110. The molecule has 3 N–H and O–H groups in total. The summed E-state index contributed by atoms with van der Waals surface area (Å²) < 4.78 is 1.78. The summed E-state index contributed by atoms with van der Waals surface area (Å²) in [7, 11) is 0. The van der Waals surface area contributed by atoms with E-state index in [2.05, 4.69) is 15.4 Å². The maximum atomic E-state index is 6.06. The molecule has 0 aliphatic heterocycles. The lowest BCUT2D eigenvalue weighted by Gasteiger charge is -2.03. The van der Waals surface area contributed by atoms with Crippen LogP contribution in [-0.2, 0) is 6.42 Å². The van der Waals surface area contributed by atoms with Crippen LogP contribution in [0.5, 0.6) is 0 Å². The van der Waals surface area contributed by atoms with Crippen LogP contribution in [0.2, 0.25) is 0 Å². The summed E-state index contributed by atoms with van der Waals surface area (Å²) in [4.78, 5) is 4.28. The number of halogens is 2. The van der Waals surface area contributed by atoms with Gasteiger partial charge in [-0.25, -0.2) is 4.52 Å². The number of aromatic nitrogens is 3. The predicted molar refractivity (Wildman–Crippen MR) is 90.5 cm³/mol. The lowest BCUT2D eigenvalue weighted by Crippen LogP contribution is -2.07. The molecular weight excluding hydrogens is 309 g/mol. The van der Waals surface area contributed by atoms with Gasteiger partial charge in [-0.1, -0.05) is 12.1 Å². The van der Waals surface area contributed by atoms with E-state index in [1.807, 2.05) is 42.6 Å². The molecule has 0 radical (unpaired) electrons. The van der Waals surface area contributed by atoms with E-state index in [-0.39, 0.29) is 24.8 Å². The van der Waals surface area contributed by atoms with Crippen molar-refractivity contribution < 1.29 is 0 Å². The summed E-state index contributed by atoms with van der Waals surface area (Å²) in [6.45, 7) is 0.755. The molecule has 0 atom stereocenters. The van der Waals surface area contributed by atoms with Crippen molar-refractivity contribution in [2.75, 3.05) is 17.6 Å². The molecule has 0 saturated carbocycles. The van der Waals surface area contributed by atoms with Crippen molar-refractivity contribution in [3.05, 3.63) is 54.5 Å². The van der Waals surface area contributed by atoms with Crippen LogP contribution in [0.15, 0.2) is 48.8 Å². The Kier molecular flexibility index (Phi) is 6.27. The minimum Gasteiger partial charge on any atom is -0.394 e. The van der Waals surface area contributed by atoms with Crippen molar-refractivity contribution in [3.8, 4) is 0 Å². The van der Waals surface area contributed by atoms with Gasteiger partial charge in [-0.3, -0.25) is 4.98 Å². The molecule has 0 bridgehead atoms. The topological polar surface area (TPSA) is 68.2 Å². The van der Waals surface area contributed by atoms with Gasteiger partial charge in [-0.15, -0.1) is 29.9 Å². The highest BCUT2D eigenvalue weighted by Crippen LogP contribution is 2.22. The standard InChI is InChI=1S/C14H15N5.2ClH/c15-13-12-6-2-4-10-19(12)18-14(13)17-9-7-11-5-1-3-8-16-11;;/h1-6,8,10H,7,9,15H2,(H,17,18);2*1H. The molecule has 7 heteroatoms. The predicted octanol–water partition coefficient (Wildman–Crippen LogP) is 2.81. The number of nitrogen functional groups attached to an aromatic ring is 1. The SMILES string of the molecule is Cl.Cl.Nc1c(NCCc2ccccn2)nn2ccccc12. The highest BCUT2D eigenvalue weighted by molar-refractivity contribution is 5.85. The highest BCUT2D eigenvalue weighted by Gasteiger charge is 2.07. The van der Waals surface area contributed by atoms with Crippen molar-refractivity contribution in [1.82, 2.24) is 14.6 Å². The molecule has 0 aliphatic carbocycles. The van der Waals surface area contributed by atoms with Crippen molar-refractivity contribution in [2.45, 2.75) is 6.42 Å². The third-order valence-electron chi connectivity index (χ3n) is 2.98. The highest BCUT2D eigenvalue weighted by atomic mass is 35.5. The van der Waals surface area contributed by atoms with Gasteiger partial charge < -0.3 is 11.1 Å². The van der Waals surface area contributed by atoms with Crippen molar-refractivity contribution in [1.29, 1.82) is 0 Å². The van der Waals surface area contributed by atoms with E-state index in [0.29, 0.717) is 5.69 Å². The van der Waals surface area contributed by atoms with Gasteiger partial charge in [0.1, 0.15) is 5.69 Å². The first-order valence-electron chi connectivity index (χ1n) is 6.21. The Hall–Kier alpha value is -1.98. The lowest BCUT2D eigenvalue weighted by atomic mass is 10.2. The first-order chi connectivity index (χ1) is 9.34. The fourth-order valence-corrected chi connectivity index (χ4v) is 2.00. The minimum atomic E-state index is 0. The normalized spacial score (nSPS) is 9.71. The largest absolute Gasteiger partial charge is 0.394 e. The van der Waals surface area contributed by atoms with Crippen LogP contribution in [0.3, 0.4) is 0 Å². The van der Waals surface area contributed by atoms with Gasteiger partial charge in [-0.05, 0) is 24.3 Å². The van der Waals surface area contributed by atoms with Gasteiger partial charge in [0.2, 0.25) is 0 Å². The third-order valence-corrected chi connectivity index (χ3v) is 2.98. The minimum absolute atomic E-state index is 0. The molecule has 0 aliphatic rings. The number of anilines is 2. The average molecular weight is 326 g/mol.